The molecule has 0 aliphatic heterocycles. The number of rotatable bonds is 14. The Morgan fingerprint density at radius 1 is 0.840 bits per heavy atom. The molecule has 1 nitrogen and oxygen atoms in total. The summed E-state index contributed by atoms with van der Waals surface area (Å²) in [6.07, 6.45) is 9.50. The zero-order chi connectivity index (χ0) is 18.5. The van der Waals surface area contributed by atoms with Crippen molar-refractivity contribution in [1.29, 1.82) is 0 Å². The van der Waals surface area contributed by atoms with Gasteiger partial charge in [-0.2, -0.15) is 0 Å². The molecule has 0 aromatic heterocycles. The quantitative estimate of drug-likeness (QED) is 0.211. The standard InChI is InChI=1S/C11H11O.3C4H9.Sn/c1-2-3-9-11(12)10-7-5-4-6-8-10;3*1-3-4-2;/h4-8H,1,3,9H2;3*1,3-4H2,2H3;. The van der Waals surface area contributed by atoms with Crippen molar-refractivity contribution < 1.29 is 4.79 Å². The number of hydrogen-bond donors (Lipinski definition) is 0. The van der Waals surface area contributed by atoms with Crippen molar-refractivity contribution >= 4 is 24.2 Å². The summed E-state index contributed by atoms with van der Waals surface area (Å²) in [6.45, 7) is 11.5. The fraction of sp³-hybridized carbons (Fsp3) is 0.609. The fourth-order valence-corrected chi connectivity index (χ4v) is 19.6. The second kappa shape index (κ2) is 12.7. The van der Waals surface area contributed by atoms with E-state index in [4.69, 9.17) is 0 Å². The predicted molar refractivity (Wildman–Crippen MR) is 114 cm³/mol. The molecule has 0 aliphatic rings. The van der Waals surface area contributed by atoms with Crippen LogP contribution in [0.5, 0.6) is 0 Å². The minimum absolute atomic E-state index is 0.281. The Bertz CT molecular complexity index is 484. The predicted octanol–water partition coefficient (Wildman–Crippen LogP) is 7.59. The fourth-order valence-electron chi connectivity index (χ4n) is 3.75. The van der Waals surface area contributed by atoms with Gasteiger partial charge in [-0.3, -0.25) is 0 Å². The third kappa shape index (κ3) is 7.68. The molecule has 0 atom stereocenters. The van der Waals surface area contributed by atoms with E-state index in [-0.39, 0.29) is 5.78 Å². The van der Waals surface area contributed by atoms with Gasteiger partial charge in [0.15, 0.2) is 0 Å². The molecule has 0 heterocycles. The van der Waals surface area contributed by atoms with Gasteiger partial charge in [0, 0.05) is 0 Å². The number of hydrogen-bond acceptors (Lipinski definition) is 1. The summed E-state index contributed by atoms with van der Waals surface area (Å²) < 4.78 is 5.88. The third-order valence-electron chi connectivity index (χ3n) is 5.53. The first-order valence-corrected chi connectivity index (χ1v) is 17.8. The molecule has 0 saturated carbocycles. The maximum atomic E-state index is 12.5. The van der Waals surface area contributed by atoms with Gasteiger partial charge in [-0.1, -0.05) is 0 Å². The van der Waals surface area contributed by atoms with Crippen LogP contribution < -0.4 is 0 Å². The van der Waals surface area contributed by atoms with E-state index in [1.165, 1.54) is 55.4 Å². The van der Waals surface area contributed by atoms with E-state index in [1.54, 1.807) is 0 Å². The Labute approximate surface area is 160 Å². The second-order valence-corrected chi connectivity index (χ2v) is 21.1. The summed E-state index contributed by atoms with van der Waals surface area (Å²) in [6, 6.07) is 9.75. The van der Waals surface area contributed by atoms with Gasteiger partial charge in [0.1, 0.15) is 0 Å². The van der Waals surface area contributed by atoms with Gasteiger partial charge in [0.05, 0.1) is 0 Å². The van der Waals surface area contributed by atoms with Crippen molar-refractivity contribution in [1.82, 2.24) is 0 Å². The summed E-state index contributed by atoms with van der Waals surface area (Å²) in [5.74, 6) is 0.281. The molecule has 140 valence electrons. The number of allylic oxidation sites excluding steroid dienone is 1. The van der Waals surface area contributed by atoms with Crippen LogP contribution in [0.2, 0.25) is 13.3 Å². The van der Waals surface area contributed by atoms with Crippen molar-refractivity contribution in [3.05, 3.63) is 46.1 Å². The molecule has 0 spiro atoms. The van der Waals surface area contributed by atoms with E-state index in [1.807, 2.05) is 30.3 Å². The first-order chi connectivity index (χ1) is 12.1. The minimum atomic E-state index is -2.36. The first kappa shape index (κ1) is 22.5. The molecule has 0 bridgehead atoms. The molecule has 1 aromatic rings. The second-order valence-electron chi connectivity index (χ2n) is 7.48. The number of benzene rings is 1. The van der Waals surface area contributed by atoms with Gasteiger partial charge >= 0.3 is 160 Å². The zero-order valence-corrected chi connectivity index (χ0v) is 19.6. The molecule has 1 aromatic carbocycles. The number of carbonyl (C=O) groups is 1. The van der Waals surface area contributed by atoms with E-state index in [0.29, 0.717) is 6.42 Å². The summed E-state index contributed by atoms with van der Waals surface area (Å²) in [5.41, 5.74) is 0.853. The molecule has 2 heteroatoms. The summed E-state index contributed by atoms with van der Waals surface area (Å²) in [5, 5.41) is 0. The van der Waals surface area contributed by atoms with E-state index in [9.17, 15) is 4.79 Å². The van der Waals surface area contributed by atoms with Crippen molar-refractivity contribution in [2.45, 2.75) is 85.4 Å². The van der Waals surface area contributed by atoms with Crippen LogP contribution in [0, 0.1) is 0 Å². The van der Waals surface area contributed by atoms with Crippen LogP contribution >= 0.6 is 0 Å². The van der Waals surface area contributed by atoms with Gasteiger partial charge in [0.25, 0.3) is 0 Å². The van der Waals surface area contributed by atoms with Crippen molar-refractivity contribution in [2.75, 3.05) is 0 Å². The van der Waals surface area contributed by atoms with E-state index >= 15 is 0 Å². The van der Waals surface area contributed by atoms with E-state index in [0.717, 1.165) is 12.0 Å². The van der Waals surface area contributed by atoms with Crippen molar-refractivity contribution in [3.8, 4) is 0 Å². The third-order valence-corrected chi connectivity index (χ3v) is 21.7. The number of ketones is 1. The molecule has 0 aliphatic carbocycles. The number of Topliss-reactive ketones (excluding diaryl/α,β-unsaturated/α-hetero) is 1. The molecular formula is C23H38OSn. The average Bonchev–Trinajstić information content (AvgIpc) is 2.66. The van der Waals surface area contributed by atoms with Crippen molar-refractivity contribution in [2.24, 2.45) is 0 Å². The Kier molecular flexibility index (Phi) is 11.4. The van der Waals surface area contributed by atoms with E-state index in [2.05, 4.69) is 27.4 Å². The normalized spacial score (nSPS) is 11.5. The van der Waals surface area contributed by atoms with Crippen LogP contribution in [0.4, 0.5) is 0 Å². The molecule has 25 heavy (non-hydrogen) atoms. The molecule has 0 radical (unpaired) electrons. The first-order valence-electron chi connectivity index (χ1n) is 10.4. The van der Waals surface area contributed by atoms with Gasteiger partial charge < -0.3 is 0 Å². The SMILES string of the molecule is C=[C](CCC(=O)c1ccccc1)[Sn]([CH2]CCC)([CH2]CCC)[CH2]CCC. The van der Waals surface area contributed by atoms with Crippen LogP contribution in [0.25, 0.3) is 0 Å². The Hall–Kier alpha value is -0.571. The van der Waals surface area contributed by atoms with Gasteiger partial charge in [-0.25, -0.2) is 0 Å². The van der Waals surface area contributed by atoms with Crippen molar-refractivity contribution in [3.63, 3.8) is 0 Å². The van der Waals surface area contributed by atoms with E-state index < -0.39 is 18.4 Å². The van der Waals surface area contributed by atoms with Crippen LogP contribution in [-0.2, 0) is 0 Å². The molecule has 0 unspecified atom stereocenters. The van der Waals surface area contributed by atoms with Crippen LogP contribution in [-0.4, -0.2) is 24.2 Å². The summed E-state index contributed by atoms with van der Waals surface area (Å²) in [7, 11) is 0. The van der Waals surface area contributed by atoms with Gasteiger partial charge in [0.2, 0.25) is 0 Å². The van der Waals surface area contributed by atoms with Gasteiger partial charge in [-0.15, -0.1) is 0 Å². The zero-order valence-electron chi connectivity index (χ0n) is 16.8. The Morgan fingerprint density at radius 3 is 1.76 bits per heavy atom. The maximum absolute atomic E-state index is 12.5. The summed E-state index contributed by atoms with van der Waals surface area (Å²) >= 11 is -2.36. The number of unbranched alkanes of at least 4 members (excludes halogenated alkanes) is 3. The molecule has 0 N–H and O–H groups in total. The molecule has 0 fully saturated rings. The average molecular weight is 449 g/mol. The van der Waals surface area contributed by atoms with Crippen LogP contribution in [0.3, 0.4) is 0 Å². The van der Waals surface area contributed by atoms with Crippen LogP contribution in [0.1, 0.15) is 82.5 Å². The number of carbonyl (C=O) groups excluding carboxylic acids is 1. The Morgan fingerprint density at radius 2 is 1.32 bits per heavy atom. The van der Waals surface area contributed by atoms with Gasteiger partial charge in [-0.05, 0) is 0 Å². The molecule has 1 rings (SSSR count). The monoisotopic (exact) mass is 450 g/mol. The molecule has 0 saturated heterocycles. The molecular weight excluding hydrogens is 411 g/mol. The molecule has 0 amide bonds. The topological polar surface area (TPSA) is 17.1 Å². The van der Waals surface area contributed by atoms with Crippen LogP contribution in [0.15, 0.2) is 40.5 Å². The Balaban J connectivity index is 2.79. The summed E-state index contributed by atoms with van der Waals surface area (Å²) in [4.78, 5) is 12.5.